The van der Waals surface area contributed by atoms with Crippen molar-refractivity contribution in [3.8, 4) is 0 Å². The highest BCUT2D eigenvalue weighted by atomic mass is 32.2. The molecule has 4 nitrogen and oxygen atoms in total. The Kier molecular flexibility index (Phi) is 7.34. The number of azide groups is 1. The molecule has 0 amide bonds. The molecule has 1 aromatic rings. The topological polar surface area (TPSA) is 52.0 Å². The van der Waals surface area contributed by atoms with Gasteiger partial charge in [0.25, 0.3) is 0 Å². The van der Waals surface area contributed by atoms with Crippen LogP contribution in [-0.2, 0) is 6.54 Å². The van der Waals surface area contributed by atoms with Crippen LogP contribution in [0.3, 0.4) is 0 Å². The Morgan fingerprint density at radius 2 is 2.06 bits per heavy atom. The van der Waals surface area contributed by atoms with Crippen molar-refractivity contribution in [1.29, 1.82) is 0 Å². The SMILES string of the molecule is CCCCN(CN=[N+]=[N-])Cc1ccc(SC)cc1. The first kappa shape index (κ1) is 14.9. The molecule has 0 aliphatic rings. The van der Waals surface area contributed by atoms with Gasteiger partial charge in [-0.05, 0) is 42.4 Å². The molecule has 18 heavy (non-hydrogen) atoms. The summed E-state index contributed by atoms with van der Waals surface area (Å²) in [6.07, 6.45) is 4.35. The van der Waals surface area contributed by atoms with Crippen molar-refractivity contribution < 1.29 is 0 Å². The van der Waals surface area contributed by atoms with Crippen molar-refractivity contribution in [2.75, 3.05) is 19.5 Å². The Hall–Kier alpha value is -1.16. The van der Waals surface area contributed by atoms with Crippen molar-refractivity contribution in [2.24, 2.45) is 5.11 Å². The quantitative estimate of drug-likeness (QED) is 0.304. The zero-order valence-electron chi connectivity index (χ0n) is 11.0. The maximum atomic E-state index is 8.40. The molecule has 0 aliphatic carbocycles. The monoisotopic (exact) mass is 264 g/mol. The number of unbranched alkanes of at least 4 members (excludes halogenated alkanes) is 1. The average Bonchev–Trinajstić information content (AvgIpc) is 2.42. The lowest BCUT2D eigenvalue weighted by atomic mass is 10.2. The Morgan fingerprint density at radius 3 is 2.61 bits per heavy atom. The van der Waals surface area contributed by atoms with Gasteiger partial charge in [-0.2, -0.15) is 0 Å². The molecule has 1 aromatic carbocycles. The molecule has 0 fully saturated rings. The predicted octanol–water partition coefficient (Wildman–Crippen LogP) is 4.28. The summed E-state index contributed by atoms with van der Waals surface area (Å²) in [5.41, 5.74) is 9.67. The number of nitrogens with zero attached hydrogens (tertiary/aromatic N) is 4. The van der Waals surface area contributed by atoms with Crippen molar-refractivity contribution in [1.82, 2.24) is 4.90 Å². The number of rotatable bonds is 8. The van der Waals surface area contributed by atoms with Gasteiger partial charge in [-0.25, -0.2) is 0 Å². The minimum absolute atomic E-state index is 0.445. The highest BCUT2D eigenvalue weighted by Gasteiger charge is 2.04. The maximum Gasteiger partial charge on any atom is 0.0776 e. The van der Waals surface area contributed by atoms with Crippen LogP contribution in [0.5, 0.6) is 0 Å². The first-order chi connectivity index (χ1) is 8.80. The molecule has 0 unspecified atom stereocenters. The van der Waals surface area contributed by atoms with E-state index in [9.17, 15) is 0 Å². The van der Waals surface area contributed by atoms with E-state index in [1.165, 1.54) is 10.5 Å². The molecule has 0 radical (unpaired) electrons. The third-order valence-corrected chi connectivity index (χ3v) is 3.46. The number of thioether (sulfide) groups is 1. The molecule has 0 saturated heterocycles. The summed E-state index contributed by atoms with van der Waals surface area (Å²) in [5, 5.41) is 3.66. The summed E-state index contributed by atoms with van der Waals surface area (Å²) >= 11 is 1.74. The van der Waals surface area contributed by atoms with Crippen LogP contribution in [0.4, 0.5) is 0 Å². The van der Waals surface area contributed by atoms with E-state index < -0.39 is 0 Å². The van der Waals surface area contributed by atoms with Gasteiger partial charge in [0.05, 0.1) is 6.67 Å². The Bertz CT molecular complexity index is 384. The van der Waals surface area contributed by atoms with E-state index in [1.54, 1.807) is 11.8 Å². The van der Waals surface area contributed by atoms with E-state index in [0.29, 0.717) is 6.67 Å². The molecular weight excluding hydrogens is 244 g/mol. The van der Waals surface area contributed by atoms with Gasteiger partial charge in [-0.15, -0.1) is 11.8 Å². The van der Waals surface area contributed by atoms with E-state index in [-0.39, 0.29) is 0 Å². The Balaban J connectivity index is 2.59. The zero-order chi connectivity index (χ0) is 13.2. The fourth-order valence-corrected chi connectivity index (χ4v) is 2.10. The van der Waals surface area contributed by atoms with Crippen LogP contribution in [0.1, 0.15) is 25.3 Å². The highest BCUT2D eigenvalue weighted by molar-refractivity contribution is 7.98. The van der Waals surface area contributed by atoms with Gasteiger partial charge in [0.1, 0.15) is 0 Å². The maximum absolute atomic E-state index is 8.40. The zero-order valence-corrected chi connectivity index (χ0v) is 11.9. The molecule has 1 rings (SSSR count). The normalized spacial score (nSPS) is 10.4. The van der Waals surface area contributed by atoms with E-state index >= 15 is 0 Å². The van der Waals surface area contributed by atoms with Crippen molar-refractivity contribution in [3.63, 3.8) is 0 Å². The van der Waals surface area contributed by atoms with Crippen LogP contribution < -0.4 is 0 Å². The van der Waals surface area contributed by atoms with Crippen molar-refractivity contribution in [2.45, 2.75) is 31.2 Å². The second-order valence-corrected chi connectivity index (χ2v) is 5.01. The van der Waals surface area contributed by atoms with Gasteiger partial charge < -0.3 is 0 Å². The number of hydrogen-bond acceptors (Lipinski definition) is 3. The van der Waals surface area contributed by atoms with Crippen LogP contribution >= 0.6 is 11.8 Å². The summed E-state index contributed by atoms with van der Waals surface area (Å²) in [4.78, 5) is 6.28. The minimum atomic E-state index is 0.445. The molecule has 0 saturated carbocycles. The van der Waals surface area contributed by atoms with E-state index in [0.717, 1.165) is 25.9 Å². The largest absolute Gasteiger partial charge is 0.293 e. The molecule has 0 N–H and O–H groups in total. The van der Waals surface area contributed by atoms with Crippen LogP contribution in [0.25, 0.3) is 10.4 Å². The molecule has 0 spiro atoms. The molecule has 0 bridgehead atoms. The number of benzene rings is 1. The van der Waals surface area contributed by atoms with Crippen molar-refractivity contribution in [3.05, 3.63) is 40.3 Å². The molecule has 98 valence electrons. The van der Waals surface area contributed by atoms with Crippen LogP contribution in [0, 0.1) is 0 Å². The van der Waals surface area contributed by atoms with E-state index in [1.807, 2.05) is 0 Å². The van der Waals surface area contributed by atoms with Gasteiger partial charge >= 0.3 is 0 Å². The summed E-state index contributed by atoms with van der Waals surface area (Å²) in [6, 6.07) is 8.54. The van der Waals surface area contributed by atoms with Gasteiger partial charge in [-0.1, -0.05) is 30.6 Å². The lowest BCUT2D eigenvalue weighted by Gasteiger charge is -2.19. The van der Waals surface area contributed by atoms with Gasteiger partial charge in [0, 0.05) is 16.4 Å². The Morgan fingerprint density at radius 1 is 1.33 bits per heavy atom. The van der Waals surface area contributed by atoms with Crippen LogP contribution in [-0.4, -0.2) is 24.4 Å². The van der Waals surface area contributed by atoms with E-state index in [4.69, 9.17) is 5.53 Å². The fraction of sp³-hybridized carbons (Fsp3) is 0.538. The van der Waals surface area contributed by atoms with Crippen LogP contribution in [0.15, 0.2) is 34.3 Å². The fourth-order valence-electron chi connectivity index (χ4n) is 1.69. The minimum Gasteiger partial charge on any atom is -0.293 e. The number of hydrogen-bond donors (Lipinski definition) is 0. The molecule has 0 aliphatic heterocycles. The standard InChI is InChI=1S/C13H20N4S/c1-3-4-9-17(11-15-16-14)10-12-5-7-13(18-2)8-6-12/h5-8H,3-4,9-11H2,1-2H3. The third-order valence-electron chi connectivity index (χ3n) is 2.72. The Labute approximate surface area is 113 Å². The molecule has 5 heteroatoms. The molecule has 0 aromatic heterocycles. The van der Waals surface area contributed by atoms with E-state index in [2.05, 4.69) is 52.4 Å². The molecular formula is C13H20N4S. The molecule has 0 heterocycles. The van der Waals surface area contributed by atoms with Gasteiger partial charge in [-0.3, -0.25) is 4.90 Å². The lowest BCUT2D eigenvalue weighted by molar-refractivity contribution is 0.268. The second kappa shape index (κ2) is 8.86. The average molecular weight is 264 g/mol. The van der Waals surface area contributed by atoms with Crippen LogP contribution in [0.2, 0.25) is 0 Å². The lowest BCUT2D eigenvalue weighted by Crippen LogP contribution is -2.24. The highest BCUT2D eigenvalue weighted by Crippen LogP contribution is 2.16. The first-order valence-electron chi connectivity index (χ1n) is 6.16. The van der Waals surface area contributed by atoms with Gasteiger partial charge in [0.2, 0.25) is 0 Å². The summed E-state index contributed by atoms with van der Waals surface area (Å²) in [7, 11) is 0. The molecule has 0 atom stereocenters. The smallest absolute Gasteiger partial charge is 0.0776 e. The summed E-state index contributed by atoms with van der Waals surface area (Å²) < 4.78 is 0. The van der Waals surface area contributed by atoms with Crippen molar-refractivity contribution >= 4 is 11.8 Å². The van der Waals surface area contributed by atoms with Gasteiger partial charge in [0.15, 0.2) is 0 Å². The summed E-state index contributed by atoms with van der Waals surface area (Å²) in [5.74, 6) is 0. The second-order valence-electron chi connectivity index (χ2n) is 4.13. The summed E-state index contributed by atoms with van der Waals surface area (Å²) in [6.45, 7) is 4.42. The third kappa shape index (κ3) is 5.45. The predicted molar refractivity (Wildman–Crippen MR) is 77.6 cm³/mol. The first-order valence-corrected chi connectivity index (χ1v) is 7.38.